The van der Waals surface area contributed by atoms with Crippen LogP contribution in [0.2, 0.25) is 6.82 Å². The van der Waals surface area contributed by atoms with Crippen LogP contribution in [0.5, 0.6) is 17.4 Å². The minimum Gasteiger partial charge on any atom is -0.438 e. The Morgan fingerprint density at radius 1 is 1.20 bits per heavy atom. The van der Waals surface area contributed by atoms with Crippen molar-refractivity contribution < 1.29 is 18.2 Å². The van der Waals surface area contributed by atoms with Crippen molar-refractivity contribution in [3.63, 3.8) is 0 Å². The predicted octanol–water partition coefficient (Wildman–Crippen LogP) is 3.95. The zero-order valence-electron chi connectivity index (χ0n) is 22.7. The minimum atomic E-state index is -3.10. The third-order valence-electron chi connectivity index (χ3n) is 6.73. The molecule has 212 valence electrons. The van der Waals surface area contributed by atoms with Gasteiger partial charge in [0.25, 0.3) is 5.56 Å². The van der Waals surface area contributed by atoms with Crippen LogP contribution in [0.25, 0.3) is 5.69 Å². The molecular weight excluding hydrogens is 569 g/mol. The van der Waals surface area contributed by atoms with E-state index in [2.05, 4.69) is 19.6 Å². The van der Waals surface area contributed by atoms with Gasteiger partial charge in [-0.25, -0.2) is 18.4 Å². The Balaban J connectivity index is 1.44. The van der Waals surface area contributed by atoms with Gasteiger partial charge >= 0.3 is 5.69 Å². The smallest absolute Gasteiger partial charge is 0.349 e. The van der Waals surface area contributed by atoms with Gasteiger partial charge in [-0.05, 0) is 55.0 Å². The van der Waals surface area contributed by atoms with E-state index in [-0.39, 0.29) is 18.5 Å². The first-order valence-corrected chi connectivity index (χ1v) is 14.7. The second-order valence-electron chi connectivity index (χ2n) is 9.69. The van der Waals surface area contributed by atoms with Gasteiger partial charge in [0.2, 0.25) is 12.7 Å². The minimum absolute atomic E-state index is 0.123. The van der Waals surface area contributed by atoms with Crippen LogP contribution in [-0.2, 0) is 16.2 Å². The molecule has 0 amide bonds. The zero-order chi connectivity index (χ0) is 29.5. The molecule has 1 aliphatic rings. The molecule has 11 nitrogen and oxygen atoms in total. The van der Waals surface area contributed by atoms with Gasteiger partial charge in [0.15, 0.2) is 27.3 Å². The van der Waals surface area contributed by atoms with Crippen LogP contribution in [0.3, 0.4) is 0 Å². The van der Waals surface area contributed by atoms with Crippen molar-refractivity contribution in [2.75, 3.05) is 7.05 Å². The summed E-state index contributed by atoms with van der Waals surface area (Å²) in [6.07, 6.45) is 2.08. The number of hydrogen-bond acceptors (Lipinski definition) is 8. The highest BCUT2D eigenvalue weighted by atomic mass is 32.2. The third-order valence-corrected chi connectivity index (χ3v) is 9.35. The summed E-state index contributed by atoms with van der Waals surface area (Å²) in [4.78, 5) is 36.4. The second-order valence-corrected chi connectivity index (χ2v) is 12.4. The van der Waals surface area contributed by atoms with Crippen LogP contribution in [0.1, 0.15) is 28.3 Å². The number of pyridine rings is 1. The molecule has 0 saturated carbocycles. The number of rotatable bonds is 8. The van der Waals surface area contributed by atoms with Crippen molar-refractivity contribution in [2.45, 2.75) is 37.8 Å². The number of halogens is 1. The number of nitrogens with zero attached hydrogens (tertiary/aromatic N) is 5. The molecule has 0 spiro atoms. The van der Waals surface area contributed by atoms with E-state index in [1.165, 1.54) is 6.20 Å². The lowest BCUT2D eigenvalue weighted by atomic mass is 9.60. The van der Waals surface area contributed by atoms with Gasteiger partial charge in [0.05, 0.1) is 11.9 Å². The number of benzene rings is 2. The van der Waals surface area contributed by atoms with Gasteiger partial charge in [-0.2, -0.15) is 9.78 Å². The molecule has 2 aromatic heterocycles. The van der Waals surface area contributed by atoms with E-state index in [4.69, 9.17) is 9.57 Å². The van der Waals surface area contributed by atoms with Crippen molar-refractivity contribution >= 4 is 26.0 Å². The molecule has 41 heavy (non-hydrogen) atoms. The quantitative estimate of drug-likeness (QED) is 0.241. The molecule has 3 unspecified atom stereocenters. The molecule has 0 aliphatic carbocycles. The van der Waals surface area contributed by atoms with Gasteiger partial charge in [0.1, 0.15) is 10.6 Å². The Kier molecular flexibility index (Phi) is 7.82. The fourth-order valence-electron chi connectivity index (χ4n) is 4.49. The number of H-pyrrole nitrogens is 1. The fraction of sp³-hybridized carbons (Fsp3) is 0.231. The summed E-state index contributed by atoms with van der Waals surface area (Å²) in [5.41, 5.74) is 0.510. The van der Waals surface area contributed by atoms with Crippen molar-refractivity contribution in [2.24, 2.45) is 4.53 Å². The molecule has 15 heteroatoms. The number of aromatic nitrogens is 4. The van der Waals surface area contributed by atoms with Crippen molar-refractivity contribution in [3.05, 3.63) is 98.0 Å². The average Bonchev–Trinajstić information content (AvgIpc) is 3.27. The molecular formula is C26H27BFN6O5PS. The molecule has 4 aromatic rings. The lowest BCUT2D eigenvalue weighted by Gasteiger charge is -2.23. The zero-order valence-corrected chi connectivity index (χ0v) is 24.7. The van der Waals surface area contributed by atoms with E-state index in [1.54, 1.807) is 43.3 Å². The molecule has 0 saturated heterocycles. The van der Waals surface area contributed by atoms with Crippen LogP contribution < -0.4 is 20.8 Å². The normalized spacial score (nSPS) is 16.6. The first-order chi connectivity index (χ1) is 19.5. The molecule has 3 atom stereocenters. The van der Waals surface area contributed by atoms with E-state index in [0.717, 1.165) is 10.2 Å². The Hall–Kier alpha value is -3.87. The third kappa shape index (κ3) is 5.55. The molecule has 1 aliphatic heterocycles. The highest BCUT2D eigenvalue weighted by molar-refractivity contribution is 7.92. The Morgan fingerprint density at radius 2 is 1.88 bits per heavy atom. The molecule has 3 heterocycles. The van der Waals surface area contributed by atoms with E-state index in [0.29, 0.717) is 33.8 Å². The summed E-state index contributed by atoms with van der Waals surface area (Å²) in [7, 11) is 0.479. The van der Waals surface area contributed by atoms with Gasteiger partial charge in [0, 0.05) is 6.07 Å². The highest BCUT2D eigenvalue weighted by Gasteiger charge is 2.34. The first kappa shape index (κ1) is 28.7. The molecule has 2 aromatic carbocycles. The average molecular weight is 596 g/mol. The summed E-state index contributed by atoms with van der Waals surface area (Å²) in [6, 6.07) is 14.7. The van der Waals surface area contributed by atoms with Gasteiger partial charge in [-0.15, -0.1) is 0 Å². The Morgan fingerprint density at radius 3 is 2.54 bits per heavy atom. The lowest BCUT2D eigenvalue weighted by Crippen LogP contribution is -2.39. The number of aryl methyl sites for hydroxylation is 2. The Bertz CT molecular complexity index is 1850. The molecule has 1 N–H and O–H groups in total. The standard InChI is InChI=1S/C26H27BFN6O5PS/c1-15-10-18(34-26(36)30-25(35)22(31-34)24(28)40)11-16(2)23(15)38-21-12-20-19(14-29-21)39-32-41(20,37)33(4)27(3)13-17-8-6-5-7-9-17/h5-12,14,24H,13,40H2,1-4H3,(H,30,35,36). The van der Waals surface area contributed by atoms with Gasteiger partial charge in [-0.1, -0.05) is 52.0 Å². The van der Waals surface area contributed by atoms with Crippen LogP contribution in [0.15, 0.2) is 73.7 Å². The summed E-state index contributed by atoms with van der Waals surface area (Å²) in [6.45, 7) is 5.36. The highest BCUT2D eigenvalue weighted by Crippen LogP contribution is 2.38. The maximum atomic E-state index is 14.1. The van der Waals surface area contributed by atoms with Crippen LogP contribution in [-0.4, -0.2) is 42.1 Å². The van der Waals surface area contributed by atoms with Crippen molar-refractivity contribution in [1.29, 1.82) is 0 Å². The van der Waals surface area contributed by atoms with Gasteiger partial charge < -0.3 is 9.57 Å². The predicted molar refractivity (Wildman–Crippen MR) is 157 cm³/mol. The van der Waals surface area contributed by atoms with E-state index >= 15 is 0 Å². The van der Waals surface area contributed by atoms with Crippen LogP contribution in [0, 0.1) is 13.8 Å². The number of hydrogen-bond donors (Lipinski definition) is 1. The summed E-state index contributed by atoms with van der Waals surface area (Å²) < 4.78 is 40.7. The van der Waals surface area contributed by atoms with Crippen molar-refractivity contribution in [3.8, 4) is 23.1 Å². The van der Waals surface area contributed by atoms with Crippen molar-refractivity contribution in [1.82, 2.24) is 24.0 Å². The SMILES string of the molecule is CB(Cc1ccccc1)N(C)S1(=O)=NOc2cnc(Oc3c(C)cc(-n4nc(C(F)P)c(=O)[nH]c4=O)cc3C)cc21. The van der Waals surface area contributed by atoms with E-state index < -0.39 is 32.8 Å². The maximum Gasteiger partial charge on any atom is 0.349 e. The monoisotopic (exact) mass is 596 g/mol. The number of aromatic amines is 1. The van der Waals surface area contributed by atoms with Crippen LogP contribution in [0.4, 0.5) is 4.39 Å². The maximum absolute atomic E-state index is 14.1. The Labute approximate surface area is 238 Å². The molecule has 0 radical (unpaired) electrons. The number of ether oxygens (including phenoxy) is 1. The summed E-state index contributed by atoms with van der Waals surface area (Å²) in [5.74, 6) is -0.844. The molecule has 0 bridgehead atoms. The fourth-order valence-corrected chi connectivity index (χ4v) is 6.55. The molecule has 0 fully saturated rings. The number of fused-ring (bicyclic) bond motifs is 1. The van der Waals surface area contributed by atoms with E-state index in [9.17, 15) is 18.2 Å². The number of nitrogens with one attached hydrogen (secondary N) is 1. The van der Waals surface area contributed by atoms with E-state index in [1.807, 2.05) is 46.4 Å². The summed E-state index contributed by atoms with van der Waals surface area (Å²) in [5, 5.41) is 3.90. The topological polar surface area (TPSA) is 132 Å². The number of alkyl halides is 1. The first-order valence-electron chi connectivity index (χ1n) is 12.6. The van der Waals surface area contributed by atoms with Crippen LogP contribution >= 0.6 is 9.24 Å². The second kappa shape index (κ2) is 11.2. The largest absolute Gasteiger partial charge is 0.438 e. The summed E-state index contributed by atoms with van der Waals surface area (Å²) >= 11 is 0. The molecule has 5 rings (SSSR count). The lowest BCUT2D eigenvalue weighted by molar-refractivity contribution is 0.346. The van der Waals surface area contributed by atoms with Gasteiger partial charge in [-0.3, -0.25) is 14.0 Å².